The molecule has 0 radical (unpaired) electrons. The van der Waals surface area contributed by atoms with Gasteiger partial charge in [0.05, 0.1) is 12.7 Å². The molecule has 8 heteroatoms. The smallest absolute Gasteiger partial charge is 0.338 e. The molecule has 1 N–H and O–H groups in total. The highest BCUT2D eigenvalue weighted by molar-refractivity contribution is 5.92. The number of fused-ring (bicyclic) bond motifs is 1. The zero-order valence-electron chi connectivity index (χ0n) is 15.5. The van der Waals surface area contributed by atoms with Crippen LogP contribution in [0.1, 0.15) is 50.6 Å². The number of rotatable bonds is 4. The van der Waals surface area contributed by atoms with Crippen LogP contribution in [-0.2, 0) is 9.53 Å². The molecular weight excluding hydrogens is 346 g/mol. The fraction of sp³-hybridized carbons (Fsp3) is 0.474. The largest absolute Gasteiger partial charge is 0.497 e. The summed E-state index contributed by atoms with van der Waals surface area (Å²) in [4.78, 5) is 13.1. The number of hydrogen-bond donors (Lipinski definition) is 1. The van der Waals surface area contributed by atoms with Gasteiger partial charge >= 0.3 is 5.97 Å². The van der Waals surface area contributed by atoms with Crippen molar-refractivity contribution < 1.29 is 14.3 Å². The first-order valence-electron chi connectivity index (χ1n) is 9.28. The first kappa shape index (κ1) is 17.5. The predicted octanol–water partition coefficient (Wildman–Crippen LogP) is 2.85. The number of carbonyl (C=O) groups is 1. The number of aromatic nitrogens is 4. The Hall–Kier alpha value is -2.90. The third-order valence-corrected chi connectivity index (χ3v) is 5.17. The van der Waals surface area contributed by atoms with Gasteiger partial charge in [0.25, 0.3) is 0 Å². The maximum absolute atomic E-state index is 13.1. The van der Waals surface area contributed by atoms with E-state index < -0.39 is 6.04 Å². The molecule has 0 spiro atoms. The first-order valence-corrected chi connectivity index (χ1v) is 9.28. The molecule has 27 heavy (non-hydrogen) atoms. The molecule has 1 unspecified atom stereocenters. The zero-order valence-corrected chi connectivity index (χ0v) is 15.5. The van der Waals surface area contributed by atoms with Crippen LogP contribution in [0.25, 0.3) is 0 Å². The number of benzene rings is 1. The SMILES string of the molecule is COc1cccc(C2C(C(=O)OC3CCCCC3)=C(C)Nc3nnnn32)c1. The Labute approximate surface area is 157 Å². The molecule has 142 valence electrons. The Kier molecular flexibility index (Phi) is 4.79. The molecular formula is C19H23N5O3. The second-order valence-corrected chi connectivity index (χ2v) is 6.96. The van der Waals surface area contributed by atoms with Gasteiger partial charge in [0.15, 0.2) is 0 Å². The van der Waals surface area contributed by atoms with E-state index in [1.165, 1.54) is 6.42 Å². The highest BCUT2D eigenvalue weighted by atomic mass is 16.5. The molecule has 1 aliphatic heterocycles. The number of esters is 1. The van der Waals surface area contributed by atoms with E-state index in [9.17, 15) is 4.79 Å². The maximum atomic E-state index is 13.1. The number of nitrogens with zero attached hydrogens (tertiary/aromatic N) is 4. The highest BCUT2D eigenvalue weighted by Gasteiger charge is 2.36. The van der Waals surface area contributed by atoms with Crippen LogP contribution in [0.15, 0.2) is 35.5 Å². The summed E-state index contributed by atoms with van der Waals surface area (Å²) in [6, 6.07) is 7.11. The van der Waals surface area contributed by atoms with Gasteiger partial charge in [0.1, 0.15) is 17.9 Å². The molecule has 1 fully saturated rings. The molecule has 1 saturated carbocycles. The van der Waals surface area contributed by atoms with E-state index in [0.717, 1.165) is 31.2 Å². The van der Waals surface area contributed by atoms with Crippen molar-refractivity contribution in [3.8, 4) is 5.75 Å². The van der Waals surface area contributed by atoms with Gasteiger partial charge in [-0.1, -0.05) is 23.7 Å². The van der Waals surface area contributed by atoms with E-state index in [4.69, 9.17) is 9.47 Å². The lowest BCUT2D eigenvalue weighted by Crippen LogP contribution is -2.32. The normalized spacial score (nSPS) is 20.0. The van der Waals surface area contributed by atoms with Gasteiger partial charge in [-0.25, -0.2) is 4.79 Å². The summed E-state index contributed by atoms with van der Waals surface area (Å²) in [6.45, 7) is 1.85. The molecule has 2 aliphatic rings. The Morgan fingerprint density at radius 3 is 2.85 bits per heavy atom. The van der Waals surface area contributed by atoms with E-state index in [1.807, 2.05) is 31.2 Å². The monoisotopic (exact) mass is 369 g/mol. The van der Waals surface area contributed by atoms with Gasteiger partial charge < -0.3 is 14.8 Å². The van der Waals surface area contributed by atoms with Crippen LogP contribution in [-0.4, -0.2) is 39.4 Å². The molecule has 2 heterocycles. The molecule has 1 aromatic carbocycles. The summed E-state index contributed by atoms with van der Waals surface area (Å²) >= 11 is 0. The van der Waals surface area contributed by atoms with Crippen molar-refractivity contribution in [3.63, 3.8) is 0 Å². The molecule has 0 amide bonds. The van der Waals surface area contributed by atoms with Crippen molar-refractivity contribution in [2.24, 2.45) is 0 Å². The summed E-state index contributed by atoms with van der Waals surface area (Å²) in [5.41, 5.74) is 2.08. The van der Waals surface area contributed by atoms with Crippen molar-refractivity contribution in [1.29, 1.82) is 0 Å². The number of allylic oxidation sites excluding steroid dienone is 1. The van der Waals surface area contributed by atoms with Crippen molar-refractivity contribution in [2.75, 3.05) is 12.4 Å². The quantitative estimate of drug-likeness (QED) is 0.829. The minimum absolute atomic E-state index is 0.0206. The van der Waals surface area contributed by atoms with E-state index in [0.29, 0.717) is 23.0 Å². The number of methoxy groups -OCH3 is 1. The van der Waals surface area contributed by atoms with Gasteiger partial charge in [0.2, 0.25) is 5.95 Å². The Balaban J connectivity index is 1.71. The number of carbonyl (C=O) groups excluding carboxylic acids is 1. The molecule has 1 aromatic heterocycles. The van der Waals surface area contributed by atoms with Crippen LogP contribution < -0.4 is 10.1 Å². The molecule has 0 saturated heterocycles. The third kappa shape index (κ3) is 3.39. The van der Waals surface area contributed by atoms with Crippen molar-refractivity contribution in [3.05, 3.63) is 41.1 Å². The molecule has 8 nitrogen and oxygen atoms in total. The minimum Gasteiger partial charge on any atom is -0.497 e. The average Bonchev–Trinajstić information content (AvgIpc) is 3.15. The zero-order chi connectivity index (χ0) is 18.8. The minimum atomic E-state index is -0.470. The van der Waals surface area contributed by atoms with Crippen LogP contribution in [0.4, 0.5) is 5.95 Å². The number of nitrogens with one attached hydrogen (secondary N) is 1. The number of hydrogen-bond acceptors (Lipinski definition) is 7. The van der Waals surface area contributed by atoms with Crippen molar-refractivity contribution in [1.82, 2.24) is 20.2 Å². The fourth-order valence-corrected chi connectivity index (χ4v) is 3.79. The lowest BCUT2D eigenvalue weighted by atomic mass is 9.94. The summed E-state index contributed by atoms with van der Waals surface area (Å²) in [5.74, 6) is 0.883. The average molecular weight is 369 g/mol. The second-order valence-electron chi connectivity index (χ2n) is 6.96. The Morgan fingerprint density at radius 2 is 2.07 bits per heavy atom. The van der Waals surface area contributed by atoms with Gasteiger partial charge in [-0.3, -0.25) is 0 Å². The van der Waals surface area contributed by atoms with Gasteiger partial charge in [-0.05, 0) is 60.7 Å². The molecule has 1 aliphatic carbocycles. The standard InChI is InChI=1S/C19H23N5O3/c1-12-16(18(25)27-14-8-4-3-5-9-14)17(24-19(20-12)21-22-23-24)13-7-6-10-15(11-13)26-2/h6-7,10-11,14,17H,3-5,8-9H2,1-2H3,(H,20,21,23). The third-order valence-electron chi connectivity index (χ3n) is 5.17. The van der Waals surface area contributed by atoms with E-state index in [1.54, 1.807) is 11.8 Å². The fourth-order valence-electron chi connectivity index (χ4n) is 3.79. The Morgan fingerprint density at radius 1 is 1.26 bits per heavy atom. The van der Waals surface area contributed by atoms with E-state index >= 15 is 0 Å². The van der Waals surface area contributed by atoms with Crippen LogP contribution in [0.2, 0.25) is 0 Å². The predicted molar refractivity (Wildman–Crippen MR) is 98.2 cm³/mol. The highest BCUT2D eigenvalue weighted by Crippen LogP contribution is 2.36. The summed E-state index contributed by atoms with van der Waals surface area (Å²) < 4.78 is 12.8. The van der Waals surface area contributed by atoms with Crippen LogP contribution >= 0.6 is 0 Å². The van der Waals surface area contributed by atoms with E-state index in [-0.39, 0.29) is 12.1 Å². The van der Waals surface area contributed by atoms with Crippen molar-refractivity contribution in [2.45, 2.75) is 51.2 Å². The molecule has 0 bridgehead atoms. The maximum Gasteiger partial charge on any atom is 0.338 e. The van der Waals surface area contributed by atoms with Crippen LogP contribution in [0, 0.1) is 0 Å². The van der Waals surface area contributed by atoms with Gasteiger partial charge in [0, 0.05) is 5.70 Å². The van der Waals surface area contributed by atoms with E-state index in [2.05, 4.69) is 20.8 Å². The number of tetrazole rings is 1. The van der Waals surface area contributed by atoms with Gasteiger partial charge in [-0.2, -0.15) is 4.68 Å². The lowest BCUT2D eigenvalue weighted by Gasteiger charge is -2.29. The number of anilines is 1. The molecule has 4 rings (SSSR count). The number of ether oxygens (including phenoxy) is 2. The summed E-state index contributed by atoms with van der Waals surface area (Å²) in [7, 11) is 1.61. The first-order chi connectivity index (χ1) is 13.2. The lowest BCUT2D eigenvalue weighted by molar-refractivity contribution is -0.146. The second kappa shape index (κ2) is 7.38. The van der Waals surface area contributed by atoms with Crippen molar-refractivity contribution >= 4 is 11.9 Å². The summed E-state index contributed by atoms with van der Waals surface area (Å²) in [5, 5.41) is 15.0. The van der Waals surface area contributed by atoms with Gasteiger partial charge in [-0.15, -0.1) is 0 Å². The van der Waals surface area contributed by atoms with Crippen LogP contribution in [0.5, 0.6) is 5.75 Å². The van der Waals surface area contributed by atoms with Crippen LogP contribution in [0.3, 0.4) is 0 Å². The molecule has 2 aromatic rings. The topological polar surface area (TPSA) is 91.2 Å². The Bertz CT molecular complexity index is 870. The summed E-state index contributed by atoms with van der Waals surface area (Å²) in [6.07, 6.45) is 5.23. The molecule has 1 atom stereocenters.